The van der Waals surface area contributed by atoms with Gasteiger partial charge in [-0.15, -0.1) is 0 Å². The zero-order chi connectivity index (χ0) is 13.8. The largest absolute Gasteiger partial charge is 0.357 e. The van der Waals surface area contributed by atoms with Gasteiger partial charge in [-0.3, -0.25) is 0 Å². The Bertz CT molecular complexity index is 622. The lowest BCUT2D eigenvalue weighted by Gasteiger charge is -2.23. The normalized spacial score (nSPS) is 10.4. The molecule has 0 radical (unpaired) electrons. The molecular weight excluding hydrogens is 234 g/mol. The number of pyridine rings is 1. The van der Waals surface area contributed by atoms with Gasteiger partial charge in [0.1, 0.15) is 5.82 Å². The van der Waals surface area contributed by atoms with Crippen molar-refractivity contribution < 1.29 is 0 Å². The molecule has 2 aromatic rings. The minimum atomic E-state index is 0.405. The topological polar surface area (TPSA) is 39.9 Å². The lowest BCUT2D eigenvalue weighted by molar-refractivity contribution is 0.841. The molecule has 1 aromatic heterocycles. The third-order valence-corrected chi connectivity index (χ3v) is 3.44. The smallest absolute Gasteiger partial charge is 0.133 e. The number of nitriles is 1. The molecule has 19 heavy (non-hydrogen) atoms. The van der Waals surface area contributed by atoms with Gasteiger partial charge in [0, 0.05) is 24.0 Å². The summed E-state index contributed by atoms with van der Waals surface area (Å²) in [5.41, 5.74) is 3.23. The first-order chi connectivity index (χ1) is 9.21. The van der Waals surface area contributed by atoms with Crippen molar-refractivity contribution >= 4 is 16.7 Å². The van der Waals surface area contributed by atoms with Gasteiger partial charge in [0.05, 0.1) is 18.0 Å². The Kier molecular flexibility index (Phi) is 4.01. The summed E-state index contributed by atoms with van der Waals surface area (Å²) in [6, 6.07) is 10.5. The van der Waals surface area contributed by atoms with Crippen molar-refractivity contribution in [2.24, 2.45) is 0 Å². The maximum absolute atomic E-state index is 9.00. The second-order valence-electron chi connectivity index (χ2n) is 4.62. The predicted octanol–water partition coefficient (Wildman–Crippen LogP) is 3.46. The van der Waals surface area contributed by atoms with Crippen LogP contribution in [-0.2, 0) is 6.42 Å². The average Bonchev–Trinajstić information content (AvgIpc) is 2.41. The summed E-state index contributed by atoms with van der Waals surface area (Å²) in [4.78, 5) is 7.02. The second-order valence-corrected chi connectivity index (χ2v) is 4.62. The fourth-order valence-electron chi connectivity index (χ4n) is 2.39. The van der Waals surface area contributed by atoms with Gasteiger partial charge in [0.2, 0.25) is 0 Å². The lowest BCUT2D eigenvalue weighted by Crippen LogP contribution is -2.24. The SMILES string of the molecule is CCN(CC)c1nc2c(C)cccc2cc1CC#N. The number of para-hydroxylation sites is 1. The van der Waals surface area contributed by atoms with Crippen molar-refractivity contribution in [3.8, 4) is 6.07 Å². The van der Waals surface area contributed by atoms with E-state index in [0.29, 0.717) is 6.42 Å². The van der Waals surface area contributed by atoms with Crippen LogP contribution in [-0.4, -0.2) is 18.1 Å². The van der Waals surface area contributed by atoms with E-state index < -0.39 is 0 Å². The number of benzene rings is 1. The summed E-state index contributed by atoms with van der Waals surface area (Å²) >= 11 is 0. The summed E-state index contributed by atoms with van der Waals surface area (Å²) in [7, 11) is 0. The molecule has 0 fully saturated rings. The molecule has 3 heteroatoms. The van der Waals surface area contributed by atoms with Crippen LogP contribution in [0.25, 0.3) is 10.9 Å². The Morgan fingerprint density at radius 2 is 2.00 bits per heavy atom. The Labute approximate surface area is 114 Å². The van der Waals surface area contributed by atoms with Crippen molar-refractivity contribution in [2.45, 2.75) is 27.2 Å². The standard InChI is InChI=1S/C16H19N3/c1-4-19(5-2)16-14(9-10-17)11-13-8-6-7-12(3)15(13)18-16/h6-8,11H,4-5,9H2,1-3H3. The number of aromatic nitrogens is 1. The molecule has 98 valence electrons. The van der Waals surface area contributed by atoms with Crippen LogP contribution >= 0.6 is 0 Å². The lowest BCUT2D eigenvalue weighted by atomic mass is 10.1. The maximum atomic E-state index is 9.00. The van der Waals surface area contributed by atoms with Gasteiger partial charge in [0.15, 0.2) is 0 Å². The van der Waals surface area contributed by atoms with Gasteiger partial charge in [-0.05, 0) is 32.4 Å². The third kappa shape index (κ3) is 2.53. The van der Waals surface area contributed by atoms with Crippen LogP contribution in [0, 0.1) is 18.3 Å². The molecule has 2 rings (SSSR count). The number of aryl methyl sites for hydroxylation is 1. The number of nitrogens with zero attached hydrogens (tertiary/aromatic N) is 3. The van der Waals surface area contributed by atoms with Crippen LogP contribution in [0.15, 0.2) is 24.3 Å². The molecule has 0 aliphatic carbocycles. The first-order valence-electron chi connectivity index (χ1n) is 6.72. The van der Waals surface area contributed by atoms with E-state index in [-0.39, 0.29) is 0 Å². The van der Waals surface area contributed by atoms with E-state index in [0.717, 1.165) is 35.4 Å². The van der Waals surface area contributed by atoms with Crippen molar-refractivity contribution in [3.63, 3.8) is 0 Å². The van der Waals surface area contributed by atoms with E-state index in [9.17, 15) is 0 Å². The molecule has 0 saturated heterocycles. The summed E-state index contributed by atoms with van der Waals surface area (Å²) in [6.07, 6.45) is 0.405. The van der Waals surface area contributed by atoms with Crippen LogP contribution in [0.2, 0.25) is 0 Å². The van der Waals surface area contributed by atoms with Crippen LogP contribution in [0.4, 0.5) is 5.82 Å². The number of hydrogen-bond acceptors (Lipinski definition) is 3. The van der Waals surface area contributed by atoms with E-state index in [1.807, 2.05) is 6.07 Å². The number of hydrogen-bond donors (Lipinski definition) is 0. The highest BCUT2D eigenvalue weighted by Crippen LogP contribution is 2.25. The van der Waals surface area contributed by atoms with Crippen LogP contribution < -0.4 is 4.90 Å². The molecule has 0 bridgehead atoms. The van der Waals surface area contributed by atoms with Crippen LogP contribution in [0.5, 0.6) is 0 Å². The summed E-state index contributed by atoms with van der Waals surface area (Å²) in [6.45, 7) is 8.11. The predicted molar refractivity (Wildman–Crippen MR) is 79.4 cm³/mol. The molecule has 3 nitrogen and oxygen atoms in total. The van der Waals surface area contributed by atoms with Gasteiger partial charge in [-0.25, -0.2) is 4.98 Å². The summed E-state index contributed by atoms with van der Waals surface area (Å²) in [5.74, 6) is 0.952. The number of anilines is 1. The minimum Gasteiger partial charge on any atom is -0.357 e. The summed E-state index contributed by atoms with van der Waals surface area (Å²) < 4.78 is 0. The highest BCUT2D eigenvalue weighted by Gasteiger charge is 2.12. The molecule has 0 spiro atoms. The molecule has 0 aliphatic heterocycles. The van der Waals surface area contributed by atoms with E-state index in [1.165, 1.54) is 5.56 Å². The fraction of sp³-hybridized carbons (Fsp3) is 0.375. The Hall–Kier alpha value is -2.08. The minimum absolute atomic E-state index is 0.405. The van der Waals surface area contributed by atoms with Crippen molar-refractivity contribution in [3.05, 3.63) is 35.4 Å². The molecule has 0 N–H and O–H groups in total. The Morgan fingerprint density at radius 1 is 1.26 bits per heavy atom. The monoisotopic (exact) mass is 253 g/mol. The van der Waals surface area contributed by atoms with E-state index in [2.05, 4.69) is 49.9 Å². The molecule has 1 aromatic carbocycles. The molecule has 0 amide bonds. The zero-order valence-electron chi connectivity index (χ0n) is 11.8. The van der Waals surface area contributed by atoms with E-state index in [1.54, 1.807) is 0 Å². The van der Waals surface area contributed by atoms with Crippen LogP contribution in [0.3, 0.4) is 0 Å². The van der Waals surface area contributed by atoms with Crippen molar-refractivity contribution in [1.82, 2.24) is 4.98 Å². The number of rotatable bonds is 4. The molecular formula is C16H19N3. The van der Waals surface area contributed by atoms with Crippen molar-refractivity contribution in [2.75, 3.05) is 18.0 Å². The molecule has 0 atom stereocenters. The van der Waals surface area contributed by atoms with Gasteiger partial charge >= 0.3 is 0 Å². The van der Waals surface area contributed by atoms with Crippen molar-refractivity contribution in [1.29, 1.82) is 5.26 Å². The number of fused-ring (bicyclic) bond motifs is 1. The van der Waals surface area contributed by atoms with E-state index >= 15 is 0 Å². The van der Waals surface area contributed by atoms with Gasteiger partial charge in [-0.1, -0.05) is 18.2 Å². The molecule has 0 aliphatic rings. The first-order valence-corrected chi connectivity index (χ1v) is 6.72. The average molecular weight is 253 g/mol. The van der Waals surface area contributed by atoms with Gasteiger partial charge in [-0.2, -0.15) is 5.26 Å². The Morgan fingerprint density at radius 3 is 2.63 bits per heavy atom. The third-order valence-electron chi connectivity index (χ3n) is 3.44. The summed E-state index contributed by atoms with van der Waals surface area (Å²) in [5, 5.41) is 10.1. The maximum Gasteiger partial charge on any atom is 0.133 e. The molecule has 1 heterocycles. The fourth-order valence-corrected chi connectivity index (χ4v) is 2.39. The molecule has 0 saturated carbocycles. The zero-order valence-corrected chi connectivity index (χ0v) is 11.8. The van der Waals surface area contributed by atoms with Gasteiger partial charge < -0.3 is 4.90 Å². The Balaban J connectivity index is 2.68. The van der Waals surface area contributed by atoms with Gasteiger partial charge in [0.25, 0.3) is 0 Å². The molecule has 0 unspecified atom stereocenters. The highest BCUT2D eigenvalue weighted by atomic mass is 15.2. The highest BCUT2D eigenvalue weighted by molar-refractivity contribution is 5.84. The van der Waals surface area contributed by atoms with Crippen LogP contribution in [0.1, 0.15) is 25.0 Å². The quantitative estimate of drug-likeness (QED) is 0.837. The second kappa shape index (κ2) is 5.71. The van der Waals surface area contributed by atoms with E-state index in [4.69, 9.17) is 10.2 Å². The first kappa shape index (κ1) is 13.4.